The van der Waals surface area contributed by atoms with Crippen molar-refractivity contribution in [3.63, 3.8) is 0 Å². The Labute approximate surface area is 254 Å². The van der Waals surface area contributed by atoms with Gasteiger partial charge < -0.3 is 24.0 Å². The number of aliphatic hydroxyl groups is 1. The quantitative estimate of drug-likeness (QED) is 0.132. The van der Waals surface area contributed by atoms with E-state index < -0.39 is 77.0 Å². The van der Waals surface area contributed by atoms with Crippen LogP contribution in [0.25, 0.3) is 11.6 Å². The highest BCUT2D eigenvalue weighted by molar-refractivity contribution is 5.89. The van der Waals surface area contributed by atoms with Crippen LogP contribution in [0.3, 0.4) is 0 Å². The van der Waals surface area contributed by atoms with Gasteiger partial charge in [-0.05, 0) is 51.7 Å². The van der Waals surface area contributed by atoms with Crippen LogP contribution in [0.1, 0.15) is 76.3 Å². The molecule has 0 spiro atoms. The van der Waals surface area contributed by atoms with Gasteiger partial charge in [-0.25, -0.2) is 4.79 Å². The molecule has 3 aromatic rings. The maximum Gasteiger partial charge on any atom is 0.426 e. The zero-order valence-corrected chi connectivity index (χ0v) is 24.8. The molecule has 16 heteroatoms. The summed E-state index contributed by atoms with van der Waals surface area (Å²) in [5.41, 5.74) is -8.57. The van der Waals surface area contributed by atoms with Crippen molar-refractivity contribution < 1.29 is 50.1 Å². The fraction of sp³-hybridized carbons (Fsp3) is 0.517. The van der Waals surface area contributed by atoms with Crippen molar-refractivity contribution in [2.75, 3.05) is 11.9 Å². The molecule has 0 radical (unpaired) electrons. The van der Waals surface area contributed by atoms with Crippen LogP contribution in [-0.2, 0) is 27.9 Å². The van der Waals surface area contributed by atoms with Gasteiger partial charge >= 0.3 is 18.4 Å². The lowest BCUT2D eigenvalue weighted by molar-refractivity contribution is -0.300. The van der Waals surface area contributed by atoms with Crippen LogP contribution < -0.4 is 10.9 Å². The standard InChI is InChI=1S/C29H34F6N4O6/c1-26(2,3)45-25(42)36-20-16-19(28(30,31)32)22(41)37-21(20)23-38-39-24(44-23)27(29(33,34)35,14-10-5-4-6-11-15-40)43-17-18-12-8-7-9-13-18/h7-9,12-13,16,40H,4-6,10-11,14-15,17H2,1-3H3,(H,36,42)(H,37,41)/t27-/m1/s1. The number of carbonyl (C=O) groups excluding carboxylic acids is 1. The molecule has 1 atom stereocenters. The number of nitrogens with zero attached hydrogens (tertiary/aromatic N) is 2. The first kappa shape index (κ1) is 35.6. The highest BCUT2D eigenvalue weighted by atomic mass is 19.4. The lowest BCUT2D eigenvalue weighted by atomic mass is 9.94. The summed E-state index contributed by atoms with van der Waals surface area (Å²) in [5, 5.41) is 18.2. The first-order valence-corrected chi connectivity index (χ1v) is 14.0. The third-order valence-electron chi connectivity index (χ3n) is 6.44. The molecule has 1 aromatic carbocycles. The van der Waals surface area contributed by atoms with Crippen LogP contribution in [0.4, 0.5) is 36.8 Å². The zero-order chi connectivity index (χ0) is 33.5. The van der Waals surface area contributed by atoms with Crippen molar-refractivity contribution in [3.8, 4) is 11.6 Å². The third kappa shape index (κ3) is 9.53. The number of aromatic amines is 1. The van der Waals surface area contributed by atoms with Crippen molar-refractivity contribution in [2.45, 2.75) is 89.5 Å². The first-order chi connectivity index (χ1) is 21.0. The number of anilines is 1. The Balaban J connectivity index is 2.09. The van der Waals surface area contributed by atoms with Crippen LogP contribution >= 0.6 is 0 Å². The maximum absolute atomic E-state index is 14.9. The van der Waals surface area contributed by atoms with Crippen LogP contribution in [0.2, 0.25) is 0 Å². The number of carbonyl (C=O) groups is 1. The minimum absolute atomic E-state index is 0.00000380. The number of H-pyrrole nitrogens is 1. The lowest BCUT2D eigenvalue weighted by Gasteiger charge is -2.32. The van der Waals surface area contributed by atoms with Gasteiger partial charge in [0.2, 0.25) is 5.60 Å². The van der Waals surface area contributed by atoms with Gasteiger partial charge in [0.15, 0.2) is 0 Å². The summed E-state index contributed by atoms with van der Waals surface area (Å²) in [6.45, 7) is 3.92. The largest absolute Gasteiger partial charge is 0.444 e. The third-order valence-corrected chi connectivity index (χ3v) is 6.44. The second-order valence-corrected chi connectivity index (χ2v) is 11.2. The van der Waals surface area contributed by atoms with E-state index in [0.29, 0.717) is 31.2 Å². The fourth-order valence-corrected chi connectivity index (χ4v) is 4.29. The normalized spacial score (nSPS) is 13.8. The van der Waals surface area contributed by atoms with Crippen molar-refractivity contribution >= 4 is 11.8 Å². The molecule has 0 saturated heterocycles. The second kappa shape index (κ2) is 14.5. The summed E-state index contributed by atoms with van der Waals surface area (Å²) in [6.07, 6.45) is -10.2. The van der Waals surface area contributed by atoms with E-state index in [1.54, 1.807) is 30.3 Å². The van der Waals surface area contributed by atoms with Gasteiger partial charge in [-0.1, -0.05) is 49.6 Å². The van der Waals surface area contributed by atoms with E-state index in [-0.39, 0.29) is 19.1 Å². The van der Waals surface area contributed by atoms with Crippen molar-refractivity contribution in [1.82, 2.24) is 15.2 Å². The van der Waals surface area contributed by atoms with Gasteiger partial charge in [-0.2, -0.15) is 26.3 Å². The number of alkyl halides is 6. The number of aromatic nitrogens is 3. The molecule has 0 unspecified atom stereocenters. The summed E-state index contributed by atoms with van der Waals surface area (Å²) in [4.78, 5) is 26.7. The van der Waals surface area contributed by atoms with Crippen molar-refractivity contribution in [2.24, 2.45) is 0 Å². The SMILES string of the molecule is CC(C)(C)OC(=O)Nc1cc(C(F)(F)F)c(=O)[nH]c1-c1nnc([C@@](CCCCCCCO)(OCc2ccccc2)C(F)(F)F)o1. The molecule has 45 heavy (non-hydrogen) atoms. The van der Waals surface area contributed by atoms with Crippen molar-refractivity contribution in [1.29, 1.82) is 0 Å². The smallest absolute Gasteiger partial charge is 0.426 e. The molecule has 10 nitrogen and oxygen atoms in total. The molecule has 1 amide bonds. The second-order valence-electron chi connectivity index (χ2n) is 11.2. The molecule has 0 bridgehead atoms. The molecule has 0 aliphatic rings. The summed E-state index contributed by atoms with van der Waals surface area (Å²) >= 11 is 0. The summed E-state index contributed by atoms with van der Waals surface area (Å²) in [7, 11) is 0. The predicted molar refractivity (Wildman–Crippen MR) is 149 cm³/mol. The van der Waals surface area contributed by atoms with Crippen LogP contribution in [0.15, 0.2) is 45.6 Å². The number of nitrogens with one attached hydrogen (secondary N) is 2. The number of unbranched alkanes of at least 4 members (excludes halogenated alkanes) is 4. The molecule has 3 rings (SSSR count). The van der Waals surface area contributed by atoms with E-state index in [1.165, 1.54) is 20.8 Å². The molecule has 0 aliphatic heterocycles. The Kier molecular flexibility index (Phi) is 11.4. The van der Waals surface area contributed by atoms with Gasteiger partial charge in [0.05, 0.1) is 12.3 Å². The maximum atomic E-state index is 14.9. The molecule has 0 saturated carbocycles. The van der Waals surface area contributed by atoms with Crippen LogP contribution in [0, 0.1) is 0 Å². The number of aliphatic hydroxyl groups excluding tert-OH is 1. The summed E-state index contributed by atoms with van der Waals surface area (Å²) < 4.78 is 101. The van der Waals surface area contributed by atoms with Gasteiger partial charge in [-0.15, -0.1) is 10.2 Å². The molecule has 0 fully saturated rings. The molecular formula is C29H34F6N4O6. The van der Waals surface area contributed by atoms with Gasteiger partial charge in [0, 0.05) is 6.61 Å². The minimum Gasteiger partial charge on any atom is -0.444 e. The van der Waals surface area contributed by atoms with E-state index in [0.717, 1.165) is 0 Å². The number of ether oxygens (including phenoxy) is 2. The number of pyridine rings is 1. The summed E-state index contributed by atoms with van der Waals surface area (Å²) in [5.74, 6) is -1.87. The number of halogens is 6. The van der Waals surface area contributed by atoms with E-state index in [9.17, 15) is 35.9 Å². The highest BCUT2D eigenvalue weighted by Gasteiger charge is 2.61. The van der Waals surface area contributed by atoms with Crippen LogP contribution in [-0.4, -0.2) is 44.8 Å². The average molecular weight is 649 g/mol. The van der Waals surface area contributed by atoms with Gasteiger partial charge in [0.25, 0.3) is 17.3 Å². The molecule has 248 valence electrons. The molecule has 2 aromatic heterocycles. The molecular weight excluding hydrogens is 614 g/mol. The first-order valence-electron chi connectivity index (χ1n) is 14.0. The van der Waals surface area contributed by atoms with E-state index in [4.69, 9.17) is 19.0 Å². The van der Waals surface area contributed by atoms with Crippen molar-refractivity contribution in [3.05, 3.63) is 63.8 Å². The number of benzene rings is 1. The molecule has 3 N–H and O–H groups in total. The highest BCUT2D eigenvalue weighted by Crippen LogP contribution is 2.47. The van der Waals surface area contributed by atoms with Crippen LogP contribution in [0.5, 0.6) is 0 Å². The Morgan fingerprint density at radius 3 is 2.22 bits per heavy atom. The van der Waals surface area contributed by atoms with Gasteiger partial charge in [0.1, 0.15) is 16.9 Å². The fourth-order valence-electron chi connectivity index (χ4n) is 4.29. The Morgan fingerprint density at radius 2 is 1.62 bits per heavy atom. The van der Waals surface area contributed by atoms with E-state index in [1.807, 2.05) is 4.98 Å². The Morgan fingerprint density at radius 1 is 0.978 bits per heavy atom. The van der Waals surface area contributed by atoms with E-state index in [2.05, 4.69) is 15.5 Å². The average Bonchev–Trinajstić information content (AvgIpc) is 3.41. The number of amides is 1. The number of hydrogen-bond donors (Lipinski definition) is 3. The zero-order valence-electron chi connectivity index (χ0n) is 24.8. The van der Waals surface area contributed by atoms with E-state index >= 15 is 0 Å². The Bertz CT molecular complexity index is 1470. The Hall–Kier alpha value is -3.92. The van der Waals surface area contributed by atoms with Gasteiger partial charge in [-0.3, -0.25) is 10.1 Å². The number of hydrogen-bond acceptors (Lipinski definition) is 8. The predicted octanol–water partition coefficient (Wildman–Crippen LogP) is 7.10. The monoisotopic (exact) mass is 648 g/mol. The molecule has 2 heterocycles. The summed E-state index contributed by atoms with van der Waals surface area (Å²) in [6, 6.07) is 8.29. The topological polar surface area (TPSA) is 140 Å². The molecule has 0 aliphatic carbocycles. The lowest BCUT2D eigenvalue weighted by Crippen LogP contribution is -2.45. The minimum atomic E-state index is -5.15. The number of rotatable bonds is 13.